The molecule has 0 saturated carbocycles. The lowest BCUT2D eigenvalue weighted by Gasteiger charge is -2.59. The highest BCUT2D eigenvalue weighted by Gasteiger charge is 2.73. The Hall–Kier alpha value is -0.950. The van der Waals surface area contributed by atoms with Gasteiger partial charge in [-0.2, -0.15) is 0 Å². The third-order valence-corrected chi connectivity index (χ3v) is 5.62. The van der Waals surface area contributed by atoms with Crippen molar-refractivity contribution in [3.63, 3.8) is 0 Å². The number of hydrogen-bond acceptors (Lipinski definition) is 5. The van der Waals surface area contributed by atoms with Gasteiger partial charge in [0.1, 0.15) is 17.2 Å². The van der Waals surface area contributed by atoms with Crippen LogP contribution in [0.25, 0.3) is 0 Å². The molecule has 3 rings (SSSR count). The Morgan fingerprint density at radius 2 is 2.38 bits per heavy atom. The lowest BCUT2D eigenvalue weighted by atomic mass is 9.63. The second-order valence-electron chi connectivity index (χ2n) is 6.73. The maximum atomic E-state index is 12.3. The average molecular weight is 296 g/mol. The number of hydrogen-bond donors (Lipinski definition) is 4. The highest BCUT2D eigenvalue weighted by atomic mass is 16.5. The van der Waals surface area contributed by atoms with E-state index in [1.165, 1.54) is 0 Å². The first kappa shape index (κ1) is 15.0. The van der Waals surface area contributed by atoms with Gasteiger partial charge in [0.2, 0.25) is 5.91 Å². The van der Waals surface area contributed by atoms with Crippen LogP contribution in [0.3, 0.4) is 0 Å². The summed E-state index contributed by atoms with van der Waals surface area (Å²) in [7, 11) is 0. The van der Waals surface area contributed by atoms with Gasteiger partial charge in [0.25, 0.3) is 0 Å². The van der Waals surface area contributed by atoms with E-state index in [-0.39, 0.29) is 19.1 Å². The molecule has 118 valence electrons. The van der Waals surface area contributed by atoms with Crippen molar-refractivity contribution in [3.05, 3.63) is 12.2 Å². The number of nitrogens with two attached hydrogens (primary N) is 1. The maximum Gasteiger partial charge on any atom is 0.226 e. The van der Waals surface area contributed by atoms with Crippen molar-refractivity contribution in [2.24, 2.45) is 11.7 Å². The van der Waals surface area contributed by atoms with Crippen molar-refractivity contribution in [3.8, 4) is 0 Å². The van der Waals surface area contributed by atoms with Crippen molar-refractivity contribution >= 4 is 5.91 Å². The quantitative estimate of drug-likeness (QED) is 0.521. The van der Waals surface area contributed by atoms with Gasteiger partial charge in [0, 0.05) is 6.61 Å². The molecule has 3 aliphatic rings. The smallest absolute Gasteiger partial charge is 0.226 e. The largest absolute Gasteiger partial charge is 0.396 e. The van der Waals surface area contributed by atoms with E-state index < -0.39 is 28.7 Å². The number of rotatable bonds is 4. The molecule has 0 aromatic heterocycles. The summed E-state index contributed by atoms with van der Waals surface area (Å²) in [6.45, 7) is 2.00. The number of aliphatic hydroxyl groups excluding tert-OH is 2. The molecular weight excluding hydrogens is 272 g/mol. The number of aliphatic hydroxyl groups is 2. The van der Waals surface area contributed by atoms with Crippen molar-refractivity contribution in [1.29, 1.82) is 0 Å². The zero-order chi connectivity index (χ0) is 15.3. The van der Waals surface area contributed by atoms with Crippen molar-refractivity contribution < 1.29 is 19.7 Å². The molecule has 0 unspecified atom stereocenters. The van der Waals surface area contributed by atoms with Crippen LogP contribution in [0, 0.1) is 5.92 Å². The van der Waals surface area contributed by atoms with E-state index in [2.05, 4.69) is 5.32 Å². The second kappa shape index (κ2) is 4.78. The first-order valence-electron chi connectivity index (χ1n) is 7.61. The SMILES string of the molecule is C[C@@]12OC[C@]1([C@H](O)[C@]1(N)C=CCCC1)NC(=O)[C@@H]2CCO. The molecule has 2 fully saturated rings. The minimum absolute atomic E-state index is 0.0864. The molecule has 0 aromatic rings. The van der Waals surface area contributed by atoms with Crippen LogP contribution in [-0.4, -0.2) is 52.1 Å². The second-order valence-corrected chi connectivity index (χ2v) is 6.73. The fourth-order valence-corrected chi connectivity index (χ4v) is 4.14. The summed E-state index contributed by atoms with van der Waals surface area (Å²) in [4.78, 5) is 12.3. The summed E-state index contributed by atoms with van der Waals surface area (Å²) >= 11 is 0. The van der Waals surface area contributed by atoms with Gasteiger partial charge in [0.05, 0.1) is 18.1 Å². The van der Waals surface area contributed by atoms with Gasteiger partial charge in [-0.05, 0) is 32.6 Å². The van der Waals surface area contributed by atoms with Gasteiger partial charge >= 0.3 is 0 Å². The van der Waals surface area contributed by atoms with E-state index in [9.17, 15) is 15.0 Å². The van der Waals surface area contributed by atoms with Crippen molar-refractivity contribution in [1.82, 2.24) is 5.32 Å². The van der Waals surface area contributed by atoms with E-state index in [0.717, 1.165) is 12.8 Å². The Kier molecular flexibility index (Phi) is 3.40. The lowest BCUT2D eigenvalue weighted by molar-refractivity contribution is -0.256. The molecule has 1 aliphatic carbocycles. The van der Waals surface area contributed by atoms with Gasteiger partial charge in [-0.1, -0.05) is 12.2 Å². The predicted molar refractivity (Wildman–Crippen MR) is 76.3 cm³/mol. The Morgan fingerprint density at radius 1 is 1.62 bits per heavy atom. The summed E-state index contributed by atoms with van der Waals surface area (Å²) < 4.78 is 5.70. The van der Waals surface area contributed by atoms with E-state index in [4.69, 9.17) is 10.5 Å². The standard InChI is InChI=1S/C15H24N2O4/c1-13-10(5-8-18)11(19)17-15(13,9-21-13)12(20)14(16)6-3-2-4-7-14/h3,6,10,12,18,20H,2,4-5,7-9,16H2,1H3,(H,17,19)/t10-,12+,13-,14-,15+/m0/s1. The third kappa shape index (κ3) is 1.83. The Balaban J connectivity index is 1.92. The summed E-state index contributed by atoms with van der Waals surface area (Å²) in [5.41, 5.74) is 3.88. The zero-order valence-electron chi connectivity index (χ0n) is 12.3. The Labute approximate surface area is 124 Å². The number of carbonyl (C=O) groups excluding carboxylic acids is 1. The van der Waals surface area contributed by atoms with Gasteiger partial charge in [-0.25, -0.2) is 0 Å². The van der Waals surface area contributed by atoms with Crippen LogP contribution in [0.15, 0.2) is 12.2 Å². The molecule has 0 spiro atoms. The molecule has 2 aliphatic heterocycles. The Morgan fingerprint density at radius 3 is 2.90 bits per heavy atom. The molecular formula is C15H24N2O4. The van der Waals surface area contributed by atoms with Crippen LogP contribution >= 0.6 is 0 Å². The maximum absolute atomic E-state index is 12.3. The van der Waals surface area contributed by atoms with Crippen LogP contribution in [-0.2, 0) is 9.53 Å². The molecule has 21 heavy (non-hydrogen) atoms. The highest BCUT2D eigenvalue weighted by molar-refractivity contribution is 5.85. The zero-order valence-corrected chi connectivity index (χ0v) is 12.3. The minimum Gasteiger partial charge on any atom is -0.396 e. The summed E-state index contributed by atoms with van der Waals surface area (Å²) in [5, 5.41) is 23.1. The minimum atomic E-state index is -0.909. The molecule has 5 atom stereocenters. The fraction of sp³-hybridized carbons (Fsp3) is 0.800. The van der Waals surface area contributed by atoms with Gasteiger partial charge < -0.3 is 26.0 Å². The molecule has 0 bridgehead atoms. The van der Waals surface area contributed by atoms with E-state index >= 15 is 0 Å². The number of amides is 1. The number of nitrogens with one attached hydrogen (secondary N) is 1. The molecule has 6 heteroatoms. The van der Waals surface area contributed by atoms with Crippen LogP contribution < -0.4 is 11.1 Å². The van der Waals surface area contributed by atoms with Gasteiger partial charge in [-0.15, -0.1) is 0 Å². The Bertz CT molecular complexity index is 482. The first-order chi connectivity index (χ1) is 9.90. The van der Waals surface area contributed by atoms with Crippen LogP contribution in [0.4, 0.5) is 0 Å². The molecule has 6 nitrogen and oxygen atoms in total. The highest BCUT2D eigenvalue weighted by Crippen LogP contribution is 2.52. The lowest BCUT2D eigenvalue weighted by Crippen LogP contribution is -2.80. The molecule has 0 aromatic carbocycles. The fourth-order valence-electron chi connectivity index (χ4n) is 4.14. The van der Waals surface area contributed by atoms with Gasteiger partial charge in [0.15, 0.2) is 0 Å². The normalized spacial score (nSPS) is 46.7. The van der Waals surface area contributed by atoms with Crippen molar-refractivity contribution in [2.45, 2.75) is 55.4 Å². The van der Waals surface area contributed by atoms with Crippen LogP contribution in [0.5, 0.6) is 0 Å². The average Bonchev–Trinajstić information content (AvgIpc) is 2.60. The van der Waals surface area contributed by atoms with Crippen LogP contribution in [0.1, 0.15) is 32.6 Å². The van der Waals surface area contributed by atoms with Gasteiger partial charge in [-0.3, -0.25) is 4.79 Å². The van der Waals surface area contributed by atoms with E-state index in [1.54, 1.807) is 0 Å². The summed E-state index contributed by atoms with van der Waals surface area (Å²) in [6.07, 6.45) is 5.83. The molecule has 5 N–H and O–H groups in total. The first-order valence-corrected chi connectivity index (χ1v) is 7.61. The number of fused-ring (bicyclic) bond motifs is 1. The third-order valence-electron chi connectivity index (χ3n) is 5.62. The van der Waals surface area contributed by atoms with E-state index in [1.807, 2.05) is 19.1 Å². The molecule has 1 amide bonds. The summed E-state index contributed by atoms with van der Waals surface area (Å²) in [6, 6.07) is 0. The summed E-state index contributed by atoms with van der Waals surface area (Å²) in [5.74, 6) is -0.631. The van der Waals surface area contributed by atoms with Crippen molar-refractivity contribution in [2.75, 3.05) is 13.2 Å². The number of ether oxygens (including phenoxy) is 1. The predicted octanol–water partition coefficient (Wildman–Crippen LogP) is -0.559. The van der Waals surface area contributed by atoms with Crippen LogP contribution in [0.2, 0.25) is 0 Å². The number of carbonyl (C=O) groups is 1. The molecule has 0 radical (unpaired) electrons. The number of allylic oxidation sites excluding steroid dienone is 1. The monoisotopic (exact) mass is 296 g/mol. The van der Waals surface area contributed by atoms with E-state index in [0.29, 0.717) is 12.8 Å². The molecule has 2 saturated heterocycles. The topological polar surface area (TPSA) is 105 Å². The molecule has 2 heterocycles.